The van der Waals surface area contributed by atoms with E-state index in [0.717, 1.165) is 6.85 Å². The first-order valence-corrected chi connectivity index (χ1v) is 4.58. The molecule has 10 heavy (non-hydrogen) atoms. The van der Waals surface area contributed by atoms with E-state index < -0.39 is 0 Å². The van der Waals surface area contributed by atoms with E-state index in [1.54, 1.807) is 0 Å². The molecule has 0 bridgehead atoms. The van der Waals surface area contributed by atoms with Crippen LogP contribution in [0.2, 0.25) is 13.1 Å². The third-order valence-electron chi connectivity index (χ3n) is 2.45. The Hall–Kier alpha value is 0.0249. The van der Waals surface area contributed by atoms with Gasteiger partial charge < -0.3 is 4.81 Å². The fraction of sp³-hybridized carbons (Fsp3) is 1.00. The van der Waals surface area contributed by atoms with Crippen molar-refractivity contribution < 1.29 is 0 Å². The topological polar surface area (TPSA) is 3.24 Å². The maximum absolute atomic E-state index is 2.61. The van der Waals surface area contributed by atoms with Crippen molar-refractivity contribution >= 4 is 6.85 Å². The van der Waals surface area contributed by atoms with Crippen molar-refractivity contribution in [2.24, 2.45) is 0 Å². The zero-order chi connectivity index (χ0) is 7.40. The Morgan fingerprint density at radius 2 is 2.20 bits per heavy atom. The smallest absolute Gasteiger partial charge is 0.219 e. The first-order chi connectivity index (χ1) is 4.84. The molecule has 1 heterocycles. The highest BCUT2D eigenvalue weighted by Gasteiger charge is 2.19. The second kappa shape index (κ2) is 4.02. The summed E-state index contributed by atoms with van der Waals surface area (Å²) in [5.74, 6) is 0. The molecule has 2 heteroatoms. The summed E-state index contributed by atoms with van der Waals surface area (Å²) < 4.78 is 0. The van der Waals surface area contributed by atoms with E-state index in [-0.39, 0.29) is 0 Å². The standard InChI is InChI=1S/C8H18BN/c1-3-7-10-8-5-4-6-9(10)2/h3-8H2,1-2H3. The molecule has 0 N–H and O–H groups in total. The van der Waals surface area contributed by atoms with Gasteiger partial charge in [0, 0.05) is 0 Å². The SMILES string of the molecule is CCCN1CCCCB1C. The average Bonchev–Trinajstić information content (AvgIpc) is 1.94. The molecule has 1 aliphatic rings. The van der Waals surface area contributed by atoms with E-state index in [1.807, 2.05) is 0 Å². The maximum atomic E-state index is 2.61. The molecule has 0 aromatic heterocycles. The largest absolute Gasteiger partial charge is 0.342 e. The van der Waals surface area contributed by atoms with E-state index in [4.69, 9.17) is 0 Å². The molecular formula is C8H18BN. The molecule has 1 fully saturated rings. The van der Waals surface area contributed by atoms with Gasteiger partial charge >= 0.3 is 0 Å². The van der Waals surface area contributed by atoms with Crippen LogP contribution >= 0.6 is 0 Å². The van der Waals surface area contributed by atoms with Crippen LogP contribution in [0.15, 0.2) is 0 Å². The minimum Gasteiger partial charge on any atom is -0.342 e. The molecule has 58 valence electrons. The highest BCUT2D eigenvalue weighted by Crippen LogP contribution is 2.14. The predicted octanol–water partition coefficient (Wildman–Crippen LogP) is 2.11. The number of nitrogens with zero attached hydrogens (tertiary/aromatic N) is 1. The van der Waals surface area contributed by atoms with Crippen molar-refractivity contribution in [2.45, 2.75) is 39.3 Å². The summed E-state index contributed by atoms with van der Waals surface area (Å²) in [7, 11) is 0. The normalized spacial score (nSPS) is 21.6. The molecule has 1 rings (SSSR count). The lowest BCUT2D eigenvalue weighted by Crippen LogP contribution is -2.41. The molecule has 1 nitrogen and oxygen atoms in total. The van der Waals surface area contributed by atoms with E-state index >= 15 is 0 Å². The van der Waals surface area contributed by atoms with Crippen molar-refractivity contribution in [1.82, 2.24) is 4.81 Å². The predicted molar refractivity (Wildman–Crippen MR) is 47.5 cm³/mol. The third-order valence-corrected chi connectivity index (χ3v) is 2.45. The Bertz CT molecular complexity index is 93.3. The molecule has 0 spiro atoms. The Kier molecular flexibility index (Phi) is 3.27. The maximum Gasteiger partial charge on any atom is 0.219 e. The second-order valence-corrected chi connectivity index (χ2v) is 3.38. The average molecular weight is 139 g/mol. The Labute approximate surface area is 64.9 Å². The van der Waals surface area contributed by atoms with Gasteiger partial charge in [-0.1, -0.05) is 26.5 Å². The summed E-state index contributed by atoms with van der Waals surface area (Å²) in [4.78, 5) is 2.61. The lowest BCUT2D eigenvalue weighted by Gasteiger charge is -2.30. The van der Waals surface area contributed by atoms with E-state index in [0.29, 0.717) is 0 Å². The van der Waals surface area contributed by atoms with Crippen LogP contribution in [0.3, 0.4) is 0 Å². The summed E-state index contributed by atoms with van der Waals surface area (Å²) in [6.45, 7) is 8.13. The molecule has 0 unspecified atom stereocenters. The molecule has 0 amide bonds. The van der Waals surface area contributed by atoms with Gasteiger partial charge in [-0.05, 0) is 25.9 Å². The number of rotatable bonds is 2. The molecule has 0 atom stereocenters. The van der Waals surface area contributed by atoms with Crippen LogP contribution in [-0.2, 0) is 0 Å². The van der Waals surface area contributed by atoms with Gasteiger partial charge in [0.2, 0.25) is 6.85 Å². The Balaban J connectivity index is 2.25. The summed E-state index contributed by atoms with van der Waals surface area (Å²) in [5, 5.41) is 0. The van der Waals surface area contributed by atoms with Gasteiger partial charge in [0.15, 0.2) is 0 Å². The van der Waals surface area contributed by atoms with Crippen molar-refractivity contribution in [2.75, 3.05) is 13.1 Å². The van der Waals surface area contributed by atoms with Crippen molar-refractivity contribution in [1.29, 1.82) is 0 Å². The minimum atomic E-state index is 0.855. The lowest BCUT2D eigenvalue weighted by molar-refractivity contribution is 0.396. The van der Waals surface area contributed by atoms with Crippen LogP contribution in [0.5, 0.6) is 0 Å². The fourth-order valence-electron chi connectivity index (χ4n) is 1.78. The van der Waals surface area contributed by atoms with Crippen LogP contribution in [0.4, 0.5) is 0 Å². The highest BCUT2D eigenvalue weighted by molar-refractivity contribution is 6.54. The zero-order valence-corrected chi connectivity index (χ0v) is 7.27. The molecule has 0 aliphatic carbocycles. The Morgan fingerprint density at radius 1 is 1.40 bits per heavy atom. The minimum absolute atomic E-state index is 0.855. The number of hydrogen-bond acceptors (Lipinski definition) is 1. The first-order valence-electron chi connectivity index (χ1n) is 4.58. The summed E-state index contributed by atoms with van der Waals surface area (Å²) in [6.07, 6.45) is 5.59. The van der Waals surface area contributed by atoms with Crippen LogP contribution in [0.25, 0.3) is 0 Å². The number of hydrogen-bond donors (Lipinski definition) is 0. The van der Waals surface area contributed by atoms with Crippen LogP contribution in [-0.4, -0.2) is 24.7 Å². The van der Waals surface area contributed by atoms with Crippen LogP contribution in [0.1, 0.15) is 26.2 Å². The summed E-state index contributed by atoms with van der Waals surface area (Å²) >= 11 is 0. The van der Waals surface area contributed by atoms with Crippen molar-refractivity contribution in [3.8, 4) is 0 Å². The van der Waals surface area contributed by atoms with Gasteiger partial charge in [0.1, 0.15) is 0 Å². The molecular weight excluding hydrogens is 121 g/mol. The van der Waals surface area contributed by atoms with Gasteiger partial charge in [-0.25, -0.2) is 0 Å². The Morgan fingerprint density at radius 3 is 2.80 bits per heavy atom. The van der Waals surface area contributed by atoms with Gasteiger partial charge in [0.05, 0.1) is 0 Å². The summed E-state index contributed by atoms with van der Waals surface area (Å²) in [6, 6.07) is 0. The lowest BCUT2D eigenvalue weighted by atomic mass is 9.56. The monoisotopic (exact) mass is 139 g/mol. The molecule has 0 saturated carbocycles. The van der Waals surface area contributed by atoms with Gasteiger partial charge in [-0.2, -0.15) is 0 Å². The van der Waals surface area contributed by atoms with Crippen molar-refractivity contribution in [3.63, 3.8) is 0 Å². The molecule has 1 aliphatic heterocycles. The van der Waals surface area contributed by atoms with Gasteiger partial charge in [-0.15, -0.1) is 0 Å². The van der Waals surface area contributed by atoms with Crippen LogP contribution < -0.4 is 0 Å². The third kappa shape index (κ3) is 2.01. The summed E-state index contributed by atoms with van der Waals surface area (Å²) in [5.41, 5.74) is 0. The van der Waals surface area contributed by atoms with E-state index in [2.05, 4.69) is 18.6 Å². The van der Waals surface area contributed by atoms with Crippen molar-refractivity contribution in [3.05, 3.63) is 0 Å². The molecule has 0 aromatic carbocycles. The van der Waals surface area contributed by atoms with Crippen LogP contribution in [0, 0.1) is 0 Å². The molecule has 0 aromatic rings. The van der Waals surface area contributed by atoms with E-state index in [9.17, 15) is 0 Å². The first kappa shape index (κ1) is 8.12. The quantitative estimate of drug-likeness (QED) is 0.529. The fourth-order valence-corrected chi connectivity index (χ4v) is 1.78. The molecule has 0 radical (unpaired) electrons. The van der Waals surface area contributed by atoms with E-state index in [1.165, 1.54) is 38.7 Å². The second-order valence-electron chi connectivity index (χ2n) is 3.38. The van der Waals surface area contributed by atoms with Gasteiger partial charge in [0.25, 0.3) is 0 Å². The van der Waals surface area contributed by atoms with Gasteiger partial charge in [-0.3, -0.25) is 0 Å². The zero-order valence-electron chi connectivity index (χ0n) is 7.27. The highest BCUT2D eigenvalue weighted by atomic mass is 15.1. The molecule has 1 saturated heterocycles.